The Morgan fingerprint density at radius 2 is 2.44 bits per heavy atom. The molecule has 6 nitrogen and oxygen atoms in total. The van der Waals surface area contributed by atoms with Gasteiger partial charge >= 0.3 is 5.88 Å². The maximum atomic E-state index is 10.4. The molecule has 1 aliphatic heterocycles. The second kappa shape index (κ2) is 5.09. The zero-order valence-electron chi connectivity index (χ0n) is 8.85. The third kappa shape index (κ3) is 2.80. The predicted octanol–water partition coefficient (Wildman–Crippen LogP) is 1.31. The van der Waals surface area contributed by atoms with Gasteiger partial charge in [0, 0.05) is 13.2 Å². The van der Waals surface area contributed by atoms with Crippen molar-refractivity contribution >= 4 is 5.88 Å². The molecule has 0 bridgehead atoms. The first-order valence-corrected chi connectivity index (χ1v) is 5.27. The summed E-state index contributed by atoms with van der Waals surface area (Å²) in [5.41, 5.74) is 0. The van der Waals surface area contributed by atoms with Gasteiger partial charge in [0.2, 0.25) is 0 Å². The van der Waals surface area contributed by atoms with Crippen LogP contribution in [0.4, 0.5) is 5.88 Å². The lowest BCUT2D eigenvalue weighted by Gasteiger charge is -2.07. The van der Waals surface area contributed by atoms with E-state index in [9.17, 15) is 10.1 Å². The van der Waals surface area contributed by atoms with E-state index in [2.05, 4.69) is 5.32 Å². The number of ether oxygens (including phenoxy) is 1. The van der Waals surface area contributed by atoms with Crippen molar-refractivity contribution in [1.82, 2.24) is 5.32 Å². The summed E-state index contributed by atoms with van der Waals surface area (Å²) in [6.07, 6.45) is 1.07. The van der Waals surface area contributed by atoms with Gasteiger partial charge in [0.15, 0.2) is 0 Å². The van der Waals surface area contributed by atoms with Gasteiger partial charge in [0.25, 0.3) is 0 Å². The third-order valence-electron chi connectivity index (χ3n) is 2.58. The number of nitrogens with one attached hydrogen (secondary N) is 1. The molecule has 2 heterocycles. The Balaban J connectivity index is 1.74. The molecule has 0 amide bonds. The minimum atomic E-state index is -0.533. The number of rotatable bonds is 5. The molecule has 6 heteroatoms. The van der Waals surface area contributed by atoms with Crippen molar-refractivity contribution in [1.29, 1.82) is 0 Å². The fraction of sp³-hybridized carbons (Fsp3) is 0.600. The molecule has 88 valence electrons. The van der Waals surface area contributed by atoms with Crippen molar-refractivity contribution in [2.24, 2.45) is 5.92 Å². The molecule has 1 aliphatic rings. The molecule has 1 saturated heterocycles. The van der Waals surface area contributed by atoms with Crippen LogP contribution in [0.2, 0.25) is 0 Å². The van der Waals surface area contributed by atoms with Crippen LogP contribution in [-0.2, 0) is 11.3 Å². The van der Waals surface area contributed by atoms with Crippen molar-refractivity contribution in [3.05, 3.63) is 28.0 Å². The van der Waals surface area contributed by atoms with Gasteiger partial charge in [-0.25, -0.2) is 0 Å². The Hall–Kier alpha value is -1.40. The van der Waals surface area contributed by atoms with Crippen LogP contribution in [0, 0.1) is 16.0 Å². The summed E-state index contributed by atoms with van der Waals surface area (Å²) in [5.74, 6) is 0.927. The number of hydrogen-bond donors (Lipinski definition) is 1. The van der Waals surface area contributed by atoms with Crippen LogP contribution in [0.5, 0.6) is 0 Å². The van der Waals surface area contributed by atoms with E-state index in [-0.39, 0.29) is 5.88 Å². The summed E-state index contributed by atoms with van der Waals surface area (Å²) in [6.45, 7) is 3.00. The molecule has 1 atom stereocenters. The number of nitro groups is 1. The smallest absolute Gasteiger partial charge is 0.404 e. The molecule has 2 rings (SSSR count). The zero-order chi connectivity index (χ0) is 11.4. The molecule has 1 N–H and O–H groups in total. The third-order valence-corrected chi connectivity index (χ3v) is 2.58. The normalized spacial score (nSPS) is 20.1. The number of nitrogens with zero attached hydrogens (tertiary/aromatic N) is 1. The van der Waals surface area contributed by atoms with Crippen molar-refractivity contribution in [2.45, 2.75) is 13.0 Å². The molecule has 0 aromatic carbocycles. The average molecular weight is 226 g/mol. The van der Waals surface area contributed by atoms with Crippen molar-refractivity contribution in [3.8, 4) is 0 Å². The molecule has 1 unspecified atom stereocenters. The van der Waals surface area contributed by atoms with Crippen LogP contribution < -0.4 is 5.32 Å². The van der Waals surface area contributed by atoms with Gasteiger partial charge in [-0.15, -0.1) is 0 Å². The average Bonchev–Trinajstić information content (AvgIpc) is 2.87. The highest BCUT2D eigenvalue weighted by Gasteiger charge is 2.15. The molecule has 0 radical (unpaired) electrons. The van der Waals surface area contributed by atoms with Gasteiger partial charge < -0.3 is 14.5 Å². The van der Waals surface area contributed by atoms with E-state index in [1.165, 1.54) is 6.07 Å². The van der Waals surface area contributed by atoms with Crippen LogP contribution in [0.15, 0.2) is 16.5 Å². The number of hydrogen-bond acceptors (Lipinski definition) is 5. The minimum absolute atomic E-state index is 0.207. The summed E-state index contributed by atoms with van der Waals surface area (Å²) in [4.78, 5) is 9.84. The van der Waals surface area contributed by atoms with Crippen molar-refractivity contribution in [3.63, 3.8) is 0 Å². The summed E-state index contributed by atoms with van der Waals surface area (Å²) in [7, 11) is 0. The lowest BCUT2D eigenvalue weighted by molar-refractivity contribution is -0.402. The Morgan fingerprint density at radius 3 is 3.06 bits per heavy atom. The fourth-order valence-corrected chi connectivity index (χ4v) is 1.70. The second-order valence-electron chi connectivity index (χ2n) is 3.86. The maximum Gasteiger partial charge on any atom is 0.433 e. The highest BCUT2D eigenvalue weighted by atomic mass is 16.6. The van der Waals surface area contributed by atoms with Crippen LogP contribution >= 0.6 is 0 Å². The van der Waals surface area contributed by atoms with Gasteiger partial charge in [-0.3, -0.25) is 10.1 Å². The molecule has 1 aromatic heterocycles. The summed E-state index contributed by atoms with van der Waals surface area (Å²) < 4.78 is 10.3. The first kappa shape index (κ1) is 11.1. The van der Waals surface area contributed by atoms with Crippen LogP contribution in [0.3, 0.4) is 0 Å². The largest absolute Gasteiger partial charge is 0.433 e. The van der Waals surface area contributed by atoms with Gasteiger partial charge in [-0.05, 0) is 18.4 Å². The monoisotopic (exact) mass is 226 g/mol. The first-order valence-electron chi connectivity index (χ1n) is 5.27. The molecular formula is C10H14N2O4. The lowest BCUT2D eigenvalue weighted by atomic mass is 10.1. The van der Waals surface area contributed by atoms with E-state index in [1.54, 1.807) is 6.07 Å². The van der Waals surface area contributed by atoms with Crippen molar-refractivity contribution < 1.29 is 14.1 Å². The summed E-state index contributed by atoms with van der Waals surface area (Å²) in [5, 5.41) is 13.6. The van der Waals surface area contributed by atoms with E-state index in [1.807, 2.05) is 0 Å². The quantitative estimate of drug-likeness (QED) is 0.605. The Labute approximate surface area is 92.7 Å². The Bertz CT molecular complexity index is 357. The maximum absolute atomic E-state index is 10.4. The Morgan fingerprint density at radius 1 is 1.56 bits per heavy atom. The second-order valence-corrected chi connectivity index (χ2v) is 3.86. The van der Waals surface area contributed by atoms with Crippen molar-refractivity contribution in [2.75, 3.05) is 19.8 Å². The molecule has 0 saturated carbocycles. The molecule has 0 aliphatic carbocycles. The molecule has 1 aromatic rings. The van der Waals surface area contributed by atoms with E-state index in [0.29, 0.717) is 18.2 Å². The van der Waals surface area contributed by atoms with Crippen LogP contribution in [0.25, 0.3) is 0 Å². The topological polar surface area (TPSA) is 77.5 Å². The van der Waals surface area contributed by atoms with E-state index < -0.39 is 4.92 Å². The standard InChI is InChI=1S/C10H14N2O4/c13-12(14)10-2-1-9(16-10)6-11-5-8-3-4-15-7-8/h1-2,8,11H,3-7H2. The fourth-order valence-electron chi connectivity index (χ4n) is 1.70. The van der Waals surface area contributed by atoms with Gasteiger partial charge in [0.05, 0.1) is 19.2 Å². The number of furan rings is 1. The summed E-state index contributed by atoms with van der Waals surface area (Å²) >= 11 is 0. The summed E-state index contributed by atoms with van der Waals surface area (Å²) in [6, 6.07) is 2.99. The zero-order valence-corrected chi connectivity index (χ0v) is 8.85. The molecule has 1 fully saturated rings. The van der Waals surface area contributed by atoms with Gasteiger partial charge in [-0.1, -0.05) is 0 Å². The van der Waals surface area contributed by atoms with E-state index in [4.69, 9.17) is 9.15 Å². The van der Waals surface area contributed by atoms with E-state index in [0.717, 1.165) is 26.2 Å². The first-order chi connectivity index (χ1) is 7.75. The Kier molecular flexibility index (Phi) is 3.53. The highest BCUT2D eigenvalue weighted by molar-refractivity contribution is 5.17. The molecule has 0 spiro atoms. The lowest BCUT2D eigenvalue weighted by Crippen LogP contribution is -2.22. The highest BCUT2D eigenvalue weighted by Crippen LogP contribution is 2.16. The van der Waals surface area contributed by atoms with Crippen LogP contribution in [0.1, 0.15) is 12.2 Å². The van der Waals surface area contributed by atoms with Crippen LogP contribution in [-0.4, -0.2) is 24.7 Å². The molecule has 16 heavy (non-hydrogen) atoms. The SMILES string of the molecule is O=[N+]([O-])c1ccc(CNCC2CCOC2)o1. The van der Waals surface area contributed by atoms with Gasteiger partial charge in [0.1, 0.15) is 10.7 Å². The minimum Gasteiger partial charge on any atom is -0.404 e. The predicted molar refractivity (Wildman–Crippen MR) is 56.0 cm³/mol. The molecular weight excluding hydrogens is 212 g/mol. The van der Waals surface area contributed by atoms with E-state index >= 15 is 0 Å². The van der Waals surface area contributed by atoms with Gasteiger partial charge in [-0.2, -0.15) is 0 Å².